The molecule has 0 spiro atoms. The van der Waals surface area contributed by atoms with Crippen LogP contribution in [0.1, 0.15) is 12.0 Å². The number of aromatic nitrogens is 3. The van der Waals surface area contributed by atoms with Gasteiger partial charge in [0.05, 0.1) is 5.02 Å². The minimum Gasteiger partial charge on any atom is -0.433 e. The Kier molecular flexibility index (Phi) is 6.60. The number of halogens is 3. The number of rotatable bonds is 7. The van der Waals surface area contributed by atoms with E-state index in [0.717, 1.165) is 11.1 Å². The van der Waals surface area contributed by atoms with E-state index in [2.05, 4.69) is 20.3 Å². The van der Waals surface area contributed by atoms with Crippen molar-refractivity contribution >= 4 is 35.4 Å². The number of nitrogens with zero attached hydrogens (tertiary/aromatic N) is 2. The highest BCUT2D eigenvalue weighted by Crippen LogP contribution is 2.29. The standard InChI is InChI=1S/C19H17ClF2N4O2S/c1-11-3-2-4-12(9-11)17-24-25-19(29)26(17)8-7-16(27)23-13-5-6-15(14(20)10-13)28-18(21)22/h2-6,9-10,18H,7-8H2,1H3,(H,23,27)(H,25,29). The van der Waals surface area contributed by atoms with Crippen LogP contribution in [0, 0.1) is 11.7 Å². The molecule has 0 saturated carbocycles. The number of amides is 1. The number of alkyl halides is 2. The van der Waals surface area contributed by atoms with Gasteiger partial charge in [-0.15, -0.1) is 0 Å². The van der Waals surface area contributed by atoms with Gasteiger partial charge in [-0.2, -0.15) is 13.9 Å². The fourth-order valence-corrected chi connectivity index (χ4v) is 3.19. The number of ether oxygens (including phenoxy) is 1. The summed E-state index contributed by atoms with van der Waals surface area (Å²) in [5.74, 6) is 0.192. The molecule has 10 heteroatoms. The summed E-state index contributed by atoms with van der Waals surface area (Å²) in [6.07, 6.45) is 0.125. The fourth-order valence-electron chi connectivity index (χ4n) is 2.74. The SMILES string of the molecule is Cc1cccc(-c2n[nH]c(=S)n2CCC(=O)Nc2ccc(OC(F)F)c(Cl)c2)c1. The molecule has 1 amide bonds. The summed E-state index contributed by atoms with van der Waals surface area (Å²) >= 11 is 11.2. The van der Waals surface area contributed by atoms with Gasteiger partial charge in [0, 0.05) is 24.2 Å². The first-order chi connectivity index (χ1) is 13.8. The lowest BCUT2D eigenvalue weighted by Gasteiger charge is -2.10. The van der Waals surface area contributed by atoms with Crippen molar-refractivity contribution in [3.63, 3.8) is 0 Å². The van der Waals surface area contributed by atoms with Gasteiger partial charge in [0.1, 0.15) is 5.75 Å². The molecule has 0 atom stereocenters. The van der Waals surface area contributed by atoms with Gasteiger partial charge in [-0.05, 0) is 43.4 Å². The lowest BCUT2D eigenvalue weighted by molar-refractivity contribution is -0.116. The summed E-state index contributed by atoms with van der Waals surface area (Å²) in [6, 6.07) is 11.8. The van der Waals surface area contributed by atoms with Crippen molar-refractivity contribution in [3.8, 4) is 17.1 Å². The molecule has 3 rings (SSSR count). The molecule has 0 aliphatic heterocycles. The van der Waals surface area contributed by atoms with Gasteiger partial charge in [-0.1, -0.05) is 35.4 Å². The average Bonchev–Trinajstić information content (AvgIpc) is 3.02. The van der Waals surface area contributed by atoms with Crippen LogP contribution in [0.15, 0.2) is 42.5 Å². The number of nitrogens with one attached hydrogen (secondary N) is 2. The molecule has 6 nitrogen and oxygen atoms in total. The monoisotopic (exact) mass is 438 g/mol. The van der Waals surface area contributed by atoms with Crippen LogP contribution in [-0.4, -0.2) is 27.3 Å². The third-order valence-corrected chi connectivity index (χ3v) is 4.64. The zero-order chi connectivity index (χ0) is 21.0. The Morgan fingerprint density at radius 2 is 2.14 bits per heavy atom. The maximum absolute atomic E-state index is 12.3. The molecular formula is C19H17ClF2N4O2S. The first-order valence-corrected chi connectivity index (χ1v) is 9.38. The second kappa shape index (κ2) is 9.15. The minimum absolute atomic E-state index is 0.0260. The molecule has 2 aromatic carbocycles. The van der Waals surface area contributed by atoms with Gasteiger partial charge >= 0.3 is 6.61 Å². The van der Waals surface area contributed by atoms with Crippen molar-refractivity contribution in [2.24, 2.45) is 0 Å². The van der Waals surface area contributed by atoms with E-state index >= 15 is 0 Å². The zero-order valence-corrected chi connectivity index (χ0v) is 16.9. The number of hydrogen-bond donors (Lipinski definition) is 2. The van der Waals surface area contributed by atoms with E-state index in [4.69, 9.17) is 23.8 Å². The van der Waals surface area contributed by atoms with Crippen LogP contribution in [0.5, 0.6) is 5.75 Å². The molecule has 0 aliphatic carbocycles. The van der Waals surface area contributed by atoms with Crippen LogP contribution in [0.4, 0.5) is 14.5 Å². The number of carbonyl (C=O) groups is 1. The van der Waals surface area contributed by atoms with Crippen molar-refractivity contribution < 1.29 is 18.3 Å². The van der Waals surface area contributed by atoms with Crippen molar-refractivity contribution in [1.29, 1.82) is 0 Å². The highest BCUT2D eigenvalue weighted by molar-refractivity contribution is 7.71. The van der Waals surface area contributed by atoms with Crippen molar-refractivity contribution in [3.05, 3.63) is 57.8 Å². The van der Waals surface area contributed by atoms with Crippen LogP contribution < -0.4 is 10.1 Å². The number of hydrogen-bond acceptors (Lipinski definition) is 4. The maximum atomic E-state index is 12.3. The second-order valence-corrected chi connectivity index (χ2v) is 6.99. The van der Waals surface area contributed by atoms with Crippen molar-refractivity contribution in [2.45, 2.75) is 26.5 Å². The molecule has 0 aliphatic rings. The summed E-state index contributed by atoms with van der Waals surface area (Å²) in [6.45, 7) is -0.689. The number of carbonyl (C=O) groups excluding carboxylic acids is 1. The van der Waals surface area contributed by atoms with Crippen LogP contribution in [0.3, 0.4) is 0 Å². The van der Waals surface area contributed by atoms with Gasteiger partial charge in [0.25, 0.3) is 0 Å². The number of aromatic amines is 1. The van der Waals surface area contributed by atoms with Crippen LogP contribution >= 0.6 is 23.8 Å². The van der Waals surface area contributed by atoms with Crippen LogP contribution in [0.2, 0.25) is 5.02 Å². The quantitative estimate of drug-likeness (QED) is 0.497. The van der Waals surface area contributed by atoms with Gasteiger partial charge in [-0.25, -0.2) is 0 Å². The largest absolute Gasteiger partial charge is 0.433 e. The predicted octanol–water partition coefficient (Wildman–Crippen LogP) is 5.20. The summed E-state index contributed by atoms with van der Waals surface area (Å²) in [5.41, 5.74) is 2.34. The first-order valence-electron chi connectivity index (χ1n) is 8.60. The van der Waals surface area contributed by atoms with E-state index in [9.17, 15) is 13.6 Å². The van der Waals surface area contributed by atoms with Crippen molar-refractivity contribution in [2.75, 3.05) is 5.32 Å². The average molecular weight is 439 g/mol. The van der Waals surface area contributed by atoms with E-state index in [0.29, 0.717) is 22.8 Å². The normalized spacial score (nSPS) is 10.9. The summed E-state index contributed by atoms with van der Waals surface area (Å²) < 4.78 is 31.0. The number of benzene rings is 2. The third kappa shape index (κ3) is 5.39. The smallest absolute Gasteiger partial charge is 0.387 e. The number of anilines is 1. The van der Waals surface area contributed by atoms with Crippen LogP contribution in [-0.2, 0) is 11.3 Å². The molecule has 0 saturated heterocycles. The molecule has 1 heterocycles. The number of H-pyrrole nitrogens is 1. The molecule has 2 N–H and O–H groups in total. The van der Waals surface area contributed by atoms with E-state index in [-0.39, 0.29) is 23.1 Å². The van der Waals surface area contributed by atoms with Crippen molar-refractivity contribution in [1.82, 2.24) is 14.8 Å². The molecule has 0 unspecified atom stereocenters. The van der Waals surface area contributed by atoms with E-state index in [1.54, 1.807) is 4.57 Å². The zero-order valence-electron chi connectivity index (χ0n) is 15.3. The molecule has 0 fully saturated rings. The minimum atomic E-state index is -2.98. The van der Waals surface area contributed by atoms with E-state index in [1.807, 2.05) is 31.2 Å². The molecule has 3 aromatic rings. The van der Waals surface area contributed by atoms with Gasteiger partial charge in [0.15, 0.2) is 10.6 Å². The lowest BCUT2D eigenvalue weighted by atomic mass is 10.1. The summed E-state index contributed by atoms with van der Waals surface area (Å²) in [4.78, 5) is 12.3. The molecule has 29 heavy (non-hydrogen) atoms. The Labute approximate surface area is 175 Å². The Bertz CT molecular complexity index is 1080. The Morgan fingerprint density at radius 1 is 1.34 bits per heavy atom. The Hall–Kier alpha value is -2.78. The van der Waals surface area contributed by atoms with E-state index < -0.39 is 6.61 Å². The predicted molar refractivity (Wildman–Crippen MR) is 109 cm³/mol. The Morgan fingerprint density at radius 3 is 2.83 bits per heavy atom. The van der Waals surface area contributed by atoms with E-state index in [1.165, 1.54) is 18.2 Å². The lowest BCUT2D eigenvalue weighted by Crippen LogP contribution is -2.15. The highest BCUT2D eigenvalue weighted by atomic mass is 35.5. The molecule has 1 aromatic heterocycles. The summed E-state index contributed by atoms with van der Waals surface area (Å²) in [5, 5.41) is 9.65. The third-order valence-electron chi connectivity index (χ3n) is 4.03. The topological polar surface area (TPSA) is 71.9 Å². The first kappa shape index (κ1) is 20.9. The molecule has 0 radical (unpaired) electrons. The molecule has 152 valence electrons. The summed E-state index contributed by atoms with van der Waals surface area (Å²) in [7, 11) is 0. The highest BCUT2D eigenvalue weighted by Gasteiger charge is 2.13. The second-order valence-electron chi connectivity index (χ2n) is 6.20. The van der Waals surface area contributed by atoms with Gasteiger partial charge < -0.3 is 10.1 Å². The van der Waals surface area contributed by atoms with Gasteiger partial charge in [0.2, 0.25) is 5.91 Å². The van der Waals surface area contributed by atoms with Crippen LogP contribution in [0.25, 0.3) is 11.4 Å². The van der Waals surface area contributed by atoms with Gasteiger partial charge in [-0.3, -0.25) is 14.5 Å². The molecule has 0 bridgehead atoms. The number of aryl methyl sites for hydroxylation is 1. The Balaban J connectivity index is 1.67. The maximum Gasteiger partial charge on any atom is 0.387 e. The molecular weight excluding hydrogens is 422 g/mol. The fraction of sp³-hybridized carbons (Fsp3) is 0.211.